The van der Waals surface area contributed by atoms with Gasteiger partial charge in [-0.05, 0) is 0 Å². The standard InChI is InChI=1S/6ClH.2H3N.Os/h6*1H;2*1H3;/q;;;;;;;;+6/p-6. The normalized spacial score (nSPS) is 18.0. The van der Waals surface area contributed by atoms with Gasteiger partial charge in [0.05, 0.1) is 0 Å². The van der Waals surface area contributed by atoms with Crippen LogP contribution in [0.25, 0.3) is 0 Å². The Bertz CT molecular complexity index is 69.6. The Balaban J connectivity index is -0.000000180. The number of hydrogen-bond acceptors (Lipinski definition) is 2. The minimum atomic E-state index is -5.38. The van der Waals surface area contributed by atoms with Gasteiger partial charge in [0.15, 0.2) is 0 Å². The van der Waals surface area contributed by atoms with Gasteiger partial charge in [0, 0.05) is 0 Å². The van der Waals surface area contributed by atoms with Crippen molar-refractivity contribution < 1.29 is 6.64 Å². The maximum absolute atomic E-state index is 5.38. The van der Waals surface area contributed by atoms with Gasteiger partial charge >= 0.3 is 64.5 Å². The van der Waals surface area contributed by atoms with Crippen LogP contribution in [-0.2, 0) is 6.64 Å². The Kier molecular flexibility index (Phi) is 5.75. The monoisotopic (exact) mass is 436 g/mol. The van der Waals surface area contributed by atoms with E-state index in [-0.39, 0.29) is 12.3 Å². The molecular formula is H6Cl6N2Os. The van der Waals surface area contributed by atoms with E-state index in [1.807, 2.05) is 0 Å². The van der Waals surface area contributed by atoms with Crippen molar-refractivity contribution in [2.45, 2.75) is 0 Å². The molecule has 0 aliphatic carbocycles. The Morgan fingerprint density at radius 3 is 0.556 bits per heavy atom. The molecular weight excluding hydrogens is 431 g/mol. The number of hydrogen-bond donors (Lipinski definition) is 2. The fourth-order valence-electron chi connectivity index (χ4n) is 0. The van der Waals surface area contributed by atoms with E-state index in [0.717, 1.165) is 0 Å². The summed E-state index contributed by atoms with van der Waals surface area (Å²) in [5, 5.41) is 0. The van der Waals surface area contributed by atoms with E-state index in [1.54, 1.807) is 0 Å². The summed E-state index contributed by atoms with van der Waals surface area (Å²) in [6, 6.07) is 0. The van der Waals surface area contributed by atoms with Gasteiger partial charge in [-0.25, -0.2) is 0 Å². The van der Waals surface area contributed by atoms with Crippen molar-refractivity contribution in [2.24, 2.45) is 0 Å². The second-order valence-corrected chi connectivity index (χ2v) is 55.8. The molecule has 0 aliphatic heterocycles. The van der Waals surface area contributed by atoms with Crippen LogP contribution in [0.1, 0.15) is 0 Å². The first kappa shape index (κ1) is 17.4. The van der Waals surface area contributed by atoms with Crippen molar-refractivity contribution >= 4 is 57.8 Å². The molecule has 6 N–H and O–H groups in total. The van der Waals surface area contributed by atoms with E-state index < -0.39 is 6.64 Å². The van der Waals surface area contributed by atoms with Crippen LogP contribution in [0.3, 0.4) is 0 Å². The molecule has 0 radical (unpaired) electrons. The van der Waals surface area contributed by atoms with Crippen LogP contribution in [-0.4, -0.2) is 0 Å². The zero-order valence-electron chi connectivity index (χ0n) is 4.04. The van der Waals surface area contributed by atoms with Crippen molar-refractivity contribution in [1.82, 2.24) is 12.3 Å². The zero-order valence-corrected chi connectivity index (χ0v) is 11.1. The first-order valence-electron chi connectivity index (χ1n) is 0.802. The molecule has 66 valence electrons. The number of rotatable bonds is 0. The molecule has 0 bridgehead atoms. The first-order valence-corrected chi connectivity index (χ1v) is 19.7. The van der Waals surface area contributed by atoms with Gasteiger partial charge in [0.1, 0.15) is 0 Å². The molecule has 0 fully saturated rings. The van der Waals surface area contributed by atoms with Crippen LogP contribution in [0.2, 0.25) is 0 Å². The van der Waals surface area contributed by atoms with E-state index in [4.69, 9.17) is 57.8 Å². The van der Waals surface area contributed by atoms with E-state index in [1.165, 1.54) is 0 Å². The molecule has 0 rings (SSSR count). The molecule has 0 aromatic rings. The third kappa shape index (κ3) is 134. The van der Waals surface area contributed by atoms with Gasteiger partial charge in [0.2, 0.25) is 0 Å². The van der Waals surface area contributed by atoms with E-state index in [2.05, 4.69) is 0 Å². The summed E-state index contributed by atoms with van der Waals surface area (Å²) >= 11 is 0. The van der Waals surface area contributed by atoms with Crippen molar-refractivity contribution in [3.63, 3.8) is 0 Å². The summed E-state index contributed by atoms with van der Waals surface area (Å²) in [7, 11) is 30.4. The summed E-state index contributed by atoms with van der Waals surface area (Å²) in [4.78, 5) is 0. The third-order valence-corrected chi connectivity index (χ3v) is 0. The Morgan fingerprint density at radius 2 is 0.556 bits per heavy atom. The SMILES string of the molecule is N.N.[Cl][Os]([Cl])([Cl])([Cl])([Cl])[Cl]. The Labute approximate surface area is 76.0 Å². The van der Waals surface area contributed by atoms with E-state index >= 15 is 0 Å². The summed E-state index contributed by atoms with van der Waals surface area (Å²) in [5.41, 5.74) is 0. The zero-order chi connectivity index (χ0) is 6.41. The third-order valence-electron chi connectivity index (χ3n) is 0. The molecule has 9 heavy (non-hydrogen) atoms. The predicted octanol–water partition coefficient (Wildman–Crippen LogP) is 4.46. The summed E-state index contributed by atoms with van der Waals surface area (Å²) < 4.78 is 0. The molecule has 0 unspecified atom stereocenters. The van der Waals surface area contributed by atoms with Crippen LogP contribution >= 0.6 is 57.8 Å². The summed E-state index contributed by atoms with van der Waals surface area (Å²) in [6.45, 7) is -5.38. The van der Waals surface area contributed by atoms with Crippen LogP contribution in [0.5, 0.6) is 0 Å². The van der Waals surface area contributed by atoms with Crippen molar-refractivity contribution in [1.29, 1.82) is 0 Å². The van der Waals surface area contributed by atoms with Crippen LogP contribution in [0, 0.1) is 0 Å². The fraction of sp³-hybridized carbons (Fsp3) is 0. The van der Waals surface area contributed by atoms with Gasteiger partial charge < -0.3 is 12.3 Å². The predicted molar refractivity (Wildman–Crippen MR) is 45.2 cm³/mol. The number of halogens is 6. The molecule has 0 spiro atoms. The fourth-order valence-corrected chi connectivity index (χ4v) is 0. The topological polar surface area (TPSA) is 70.0 Å². The van der Waals surface area contributed by atoms with E-state index in [0.29, 0.717) is 0 Å². The van der Waals surface area contributed by atoms with Gasteiger partial charge in [0.25, 0.3) is 0 Å². The van der Waals surface area contributed by atoms with Gasteiger partial charge in [-0.2, -0.15) is 0 Å². The molecule has 0 heterocycles. The average molecular weight is 437 g/mol. The molecule has 9 heteroatoms. The Hall–Kier alpha value is 2.30. The van der Waals surface area contributed by atoms with Crippen LogP contribution < -0.4 is 12.3 Å². The molecule has 0 amide bonds. The summed E-state index contributed by atoms with van der Waals surface area (Å²) in [5.74, 6) is 0. The molecule has 0 atom stereocenters. The molecule has 0 aromatic heterocycles. The van der Waals surface area contributed by atoms with Gasteiger partial charge in [-0.15, -0.1) is 0 Å². The molecule has 0 saturated heterocycles. The maximum atomic E-state index is 5.06. The molecule has 0 aliphatic rings. The van der Waals surface area contributed by atoms with Crippen LogP contribution in [0.15, 0.2) is 0 Å². The minimum absolute atomic E-state index is 0. The van der Waals surface area contributed by atoms with Crippen molar-refractivity contribution in [2.75, 3.05) is 0 Å². The van der Waals surface area contributed by atoms with Crippen molar-refractivity contribution in [3.05, 3.63) is 0 Å². The second-order valence-electron chi connectivity index (χ2n) is 0.758. The molecule has 0 saturated carbocycles. The van der Waals surface area contributed by atoms with Gasteiger partial charge in [-0.3, -0.25) is 0 Å². The van der Waals surface area contributed by atoms with Crippen LogP contribution in [0.4, 0.5) is 0 Å². The van der Waals surface area contributed by atoms with Crippen molar-refractivity contribution in [3.8, 4) is 0 Å². The molecule has 2 nitrogen and oxygen atoms in total. The molecule has 0 aromatic carbocycles. The van der Waals surface area contributed by atoms with E-state index in [9.17, 15) is 0 Å². The summed E-state index contributed by atoms with van der Waals surface area (Å²) in [6.07, 6.45) is 0. The second kappa shape index (κ2) is 2.97. The van der Waals surface area contributed by atoms with Gasteiger partial charge in [-0.1, -0.05) is 0 Å². The quantitative estimate of drug-likeness (QED) is 0.588. The Morgan fingerprint density at radius 1 is 0.556 bits per heavy atom. The first-order chi connectivity index (χ1) is 2.45. The average Bonchev–Trinajstić information content (AvgIpc) is 0.592.